The maximum atomic E-state index is 13.2. The van der Waals surface area contributed by atoms with E-state index in [2.05, 4.69) is 20.1 Å². The summed E-state index contributed by atoms with van der Waals surface area (Å²) in [5.41, 5.74) is 0.253. The first-order chi connectivity index (χ1) is 13.0. The zero-order valence-corrected chi connectivity index (χ0v) is 17.9. The quantitative estimate of drug-likeness (QED) is 0.823. The normalized spacial score (nSPS) is 17.8. The average molecular weight is 424 g/mol. The molecule has 0 bridgehead atoms. The predicted octanol–water partition coefficient (Wildman–Crippen LogP) is 3.14. The fourth-order valence-corrected chi connectivity index (χ4v) is 4.61. The lowest BCUT2D eigenvalue weighted by Gasteiger charge is -2.37. The molecule has 0 aliphatic carbocycles. The smallest absolute Gasteiger partial charge is 0.232 e. The second-order valence-corrected chi connectivity index (χ2v) is 8.38. The van der Waals surface area contributed by atoms with Gasteiger partial charge in [0.15, 0.2) is 0 Å². The topological polar surface area (TPSA) is 63.1 Å². The van der Waals surface area contributed by atoms with E-state index in [9.17, 15) is 4.79 Å². The van der Waals surface area contributed by atoms with Crippen LogP contribution in [0.15, 0.2) is 24.3 Å². The van der Waals surface area contributed by atoms with Crippen molar-refractivity contribution >= 4 is 29.9 Å². The van der Waals surface area contributed by atoms with Gasteiger partial charge in [0, 0.05) is 37.1 Å². The number of piperidine rings is 1. The van der Waals surface area contributed by atoms with Crippen molar-refractivity contribution in [3.8, 4) is 0 Å². The van der Waals surface area contributed by atoms with Crippen LogP contribution in [0.4, 0.5) is 0 Å². The van der Waals surface area contributed by atoms with Crippen LogP contribution in [0.1, 0.15) is 49.8 Å². The van der Waals surface area contributed by atoms with E-state index < -0.39 is 5.41 Å². The lowest BCUT2D eigenvalue weighted by Crippen LogP contribution is -2.47. The molecule has 1 amide bonds. The van der Waals surface area contributed by atoms with Gasteiger partial charge in [-0.3, -0.25) is 4.79 Å². The number of fused-ring (bicyclic) bond motifs is 1. The average Bonchev–Trinajstić information content (AvgIpc) is 3.12. The number of aromatic nitrogens is 3. The molecule has 2 aliphatic heterocycles. The van der Waals surface area contributed by atoms with Crippen molar-refractivity contribution in [3.05, 3.63) is 46.5 Å². The van der Waals surface area contributed by atoms with Crippen LogP contribution >= 0.6 is 24.0 Å². The molecule has 4 rings (SSSR count). The Balaban J connectivity index is 0.00000225. The molecule has 1 saturated heterocycles. The van der Waals surface area contributed by atoms with Gasteiger partial charge in [0.2, 0.25) is 5.91 Å². The largest absolute Gasteiger partial charge is 0.342 e. The van der Waals surface area contributed by atoms with Gasteiger partial charge in [0.1, 0.15) is 11.6 Å². The van der Waals surface area contributed by atoms with Crippen LogP contribution in [-0.4, -0.2) is 45.2 Å². The molecule has 3 heterocycles. The van der Waals surface area contributed by atoms with Crippen molar-refractivity contribution in [2.75, 3.05) is 19.6 Å². The molecule has 1 N–H and O–H groups in total. The summed E-state index contributed by atoms with van der Waals surface area (Å²) >= 11 is 6.36. The molecule has 0 spiro atoms. The Kier molecular flexibility index (Phi) is 6.32. The van der Waals surface area contributed by atoms with Gasteiger partial charge in [0.25, 0.3) is 0 Å². The van der Waals surface area contributed by atoms with Crippen molar-refractivity contribution in [1.29, 1.82) is 0 Å². The van der Waals surface area contributed by atoms with E-state index >= 15 is 0 Å². The van der Waals surface area contributed by atoms with E-state index in [1.807, 2.05) is 43.0 Å². The van der Waals surface area contributed by atoms with E-state index in [1.165, 1.54) is 0 Å². The van der Waals surface area contributed by atoms with Crippen LogP contribution < -0.4 is 5.32 Å². The summed E-state index contributed by atoms with van der Waals surface area (Å²) in [7, 11) is 0. The molecule has 152 valence electrons. The standard InChI is InChI=1S/C20H26ClN5O.ClH/c1-20(2,15-5-3-4-6-16(15)21)19(27)25-10-7-14(8-11-25)18-24-23-17-13-22-9-12-26(17)18;/h3-6,14,22H,7-13H2,1-2H3;1H. The van der Waals surface area contributed by atoms with Crippen molar-refractivity contribution in [3.63, 3.8) is 0 Å². The molecule has 0 atom stereocenters. The Morgan fingerprint density at radius 2 is 1.89 bits per heavy atom. The van der Waals surface area contributed by atoms with Crippen molar-refractivity contribution in [2.45, 2.75) is 51.1 Å². The van der Waals surface area contributed by atoms with E-state index in [-0.39, 0.29) is 18.3 Å². The maximum Gasteiger partial charge on any atom is 0.232 e. The van der Waals surface area contributed by atoms with Crippen molar-refractivity contribution in [2.24, 2.45) is 0 Å². The van der Waals surface area contributed by atoms with Gasteiger partial charge in [-0.15, -0.1) is 22.6 Å². The van der Waals surface area contributed by atoms with Gasteiger partial charge < -0.3 is 14.8 Å². The maximum absolute atomic E-state index is 13.2. The van der Waals surface area contributed by atoms with Crippen LogP contribution in [0.5, 0.6) is 0 Å². The number of carbonyl (C=O) groups is 1. The monoisotopic (exact) mass is 423 g/mol. The Labute approximate surface area is 177 Å². The lowest BCUT2D eigenvalue weighted by molar-refractivity contribution is -0.137. The van der Waals surface area contributed by atoms with Crippen molar-refractivity contribution < 1.29 is 4.79 Å². The Morgan fingerprint density at radius 3 is 2.61 bits per heavy atom. The molecule has 1 fully saturated rings. The third-order valence-electron chi connectivity index (χ3n) is 5.88. The highest BCUT2D eigenvalue weighted by molar-refractivity contribution is 6.31. The summed E-state index contributed by atoms with van der Waals surface area (Å²) < 4.78 is 2.26. The summed E-state index contributed by atoms with van der Waals surface area (Å²) in [6.45, 7) is 8.10. The van der Waals surface area contributed by atoms with Gasteiger partial charge >= 0.3 is 0 Å². The predicted molar refractivity (Wildman–Crippen MR) is 112 cm³/mol. The minimum atomic E-state index is -0.634. The number of nitrogens with one attached hydrogen (secondary N) is 1. The third kappa shape index (κ3) is 3.78. The minimum Gasteiger partial charge on any atom is -0.342 e. The number of nitrogens with zero attached hydrogens (tertiary/aromatic N) is 4. The van der Waals surface area contributed by atoms with Crippen LogP contribution in [0.2, 0.25) is 5.02 Å². The highest BCUT2D eigenvalue weighted by Crippen LogP contribution is 2.34. The number of amides is 1. The van der Waals surface area contributed by atoms with Crippen LogP contribution in [0.25, 0.3) is 0 Å². The minimum absolute atomic E-state index is 0. The number of benzene rings is 1. The number of hydrogen-bond acceptors (Lipinski definition) is 4. The van der Waals surface area contributed by atoms with E-state index in [0.717, 1.165) is 62.8 Å². The lowest BCUT2D eigenvalue weighted by atomic mass is 9.82. The molecule has 1 aromatic heterocycles. The molecule has 1 aromatic carbocycles. The number of hydrogen-bond donors (Lipinski definition) is 1. The number of carbonyl (C=O) groups excluding carboxylic acids is 1. The second-order valence-electron chi connectivity index (χ2n) is 7.97. The van der Waals surface area contributed by atoms with E-state index in [0.29, 0.717) is 10.9 Å². The van der Waals surface area contributed by atoms with Gasteiger partial charge in [-0.1, -0.05) is 29.8 Å². The molecule has 2 aromatic rings. The highest BCUT2D eigenvalue weighted by Gasteiger charge is 2.37. The molecule has 0 unspecified atom stereocenters. The SMILES string of the molecule is CC(C)(C(=O)N1CCC(c2nnc3n2CCNC3)CC1)c1ccccc1Cl.Cl. The second kappa shape index (κ2) is 8.39. The van der Waals surface area contributed by atoms with Gasteiger partial charge in [-0.2, -0.15) is 0 Å². The number of halogens is 2. The molecule has 8 heteroatoms. The number of likely N-dealkylation sites (tertiary alicyclic amines) is 1. The molecule has 0 radical (unpaired) electrons. The van der Waals surface area contributed by atoms with Gasteiger partial charge in [-0.25, -0.2) is 0 Å². The van der Waals surface area contributed by atoms with E-state index in [4.69, 9.17) is 11.6 Å². The van der Waals surface area contributed by atoms with Crippen LogP contribution in [0.3, 0.4) is 0 Å². The Morgan fingerprint density at radius 1 is 1.18 bits per heavy atom. The molecule has 2 aliphatic rings. The Bertz CT molecular complexity index is 843. The van der Waals surface area contributed by atoms with Gasteiger partial charge in [0.05, 0.1) is 12.0 Å². The van der Waals surface area contributed by atoms with Crippen LogP contribution in [0, 0.1) is 0 Å². The summed E-state index contributed by atoms with van der Waals surface area (Å²) in [6, 6.07) is 7.63. The molecular formula is C20H27Cl2N5O. The van der Waals surface area contributed by atoms with E-state index in [1.54, 1.807) is 0 Å². The summed E-state index contributed by atoms with van der Waals surface area (Å²) in [4.78, 5) is 15.2. The van der Waals surface area contributed by atoms with Gasteiger partial charge in [-0.05, 0) is 38.3 Å². The zero-order chi connectivity index (χ0) is 19.0. The molecular weight excluding hydrogens is 397 g/mol. The fourth-order valence-electron chi connectivity index (χ4n) is 4.24. The Hall–Kier alpha value is -1.63. The molecule has 6 nitrogen and oxygen atoms in total. The molecule has 28 heavy (non-hydrogen) atoms. The molecule has 0 saturated carbocycles. The third-order valence-corrected chi connectivity index (χ3v) is 6.21. The zero-order valence-electron chi connectivity index (χ0n) is 16.3. The fraction of sp³-hybridized carbons (Fsp3) is 0.550. The number of rotatable bonds is 3. The summed E-state index contributed by atoms with van der Waals surface area (Å²) in [5.74, 6) is 2.62. The summed E-state index contributed by atoms with van der Waals surface area (Å²) in [5, 5.41) is 12.8. The summed E-state index contributed by atoms with van der Waals surface area (Å²) in [6.07, 6.45) is 1.85. The first kappa shape index (κ1) is 21.1. The van der Waals surface area contributed by atoms with Crippen molar-refractivity contribution in [1.82, 2.24) is 25.0 Å². The first-order valence-electron chi connectivity index (χ1n) is 9.65. The first-order valence-corrected chi connectivity index (χ1v) is 10.0. The highest BCUT2D eigenvalue weighted by atomic mass is 35.5. The van der Waals surface area contributed by atoms with Crippen LogP contribution in [-0.2, 0) is 23.3 Å².